The third-order valence-corrected chi connectivity index (χ3v) is 8.18. The zero-order valence-electron chi connectivity index (χ0n) is 17.6. The molecule has 1 nitrogen and oxygen atoms in total. The van der Waals surface area contributed by atoms with E-state index in [4.69, 9.17) is 4.74 Å². The van der Waals surface area contributed by atoms with Crippen LogP contribution in [0.3, 0.4) is 0 Å². The second kappa shape index (κ2) is 9.09. The van der Waals surface area contributed by atoms with Gasteiger partial charge in [0.1, 0.15) is 5.60 Å². The van der Waals surface area contributed by atoms with Gasteiger partial charge >= 0.3 is 0 Å². The maximum Gasteiger partial charge on any atom is 0.170 e. The van der Waals surface area contributed by atoms with Crippen molar-refractivity contribution in [2.75, 3.05) is 0 Å². The molecule has 0 bridgehead atoms. The average Bonchev–Trinajstić information content (AvgIpc) is 3.26. The van der Waals surface area contributed by atoms with E-state index in [1.165, 1.54) is 15.4 Å². The van der Waals surface area contributed by atoms with Crippen LogP contribution >= 0.6 is 0 Å². The molecule has 0 radical (unpaired) electrons. The molecule has 3 heteroatoms. The third-order valence-electron chi connectivity index (χ3n) is 5.97. The zero-order valence-corrected chi connectivity index (χ0v) is 18.4. The Morgan fingerprint density at radius 3 is 1.93 bits per heavy atom. The molecule has 1 aliphatic rings. The first-order valence-corrected chi connectivity index (χ1v) is 11.8. The highest BCUT2D eigenvalue weighted by Gasteiger charge is 2.38. The molecule has 0 heterocycles. The minimum absolute atomic E-state index is 0.285. The van der Waals surface area contributed by atoms with Gasteiger partial charge in [0.25, 0.3) is 0 Å². The summed E-state index contributed by atoms with van der Waals surface area (Å²) in [5.74, 6) is 0.0681. The number of hydrogen-bond donors (Lipinski definition) is 0. The van der Waals surface area contributed by atoms with E-state index in [0.29, 0.717) is 5.75 Å². The van der Waals surface area contributed by atoms with Crippen molar-refractivity contribution in [1.29, 1.82) is 0 Å². The Morgan fingerprint density at radius 1 is 0.867 bits per heavy atom. The molecular weight excluding hydrogens is 391 g/mol. The van der Waals surface area contributed by atoms with Crippen molar-refractivity contribution in [3.05, 3.63) is 96.3 Å². The smallest absolute Gasteiger partial charge is 0.170 e. The summed E-state index contributed by atoms with van der Waals surface area (Å²) >= 11 is 0. The normalized spacial score (nSPS) is 16.1. The van der Waals surface area contributed by atoms with Gasteiger partial charge in [0.05, 0.1) is 10.9 Å². The van der Waals surface area contributed by atoms with Gasteiger partial charge in [-0.05, 0) is 81.5 Å². The first-order valence-electron chi connectivity index (χ1n) is 10.6. The second-order valence-electron chi connectivity index (χ2n) is 7.80. The zero-order chi connectivity index (χ0) is 21.0. The summed E-state index contributed by atoms with van der Waals surface area (Å²) < 4.78 is 21.6. The minimum atomic E-state index is -0.365. The Kier molecular flexibility index (Phi) is 6.29. The SMILES string of the molecule is C/C=C(/C)C1(Oc2ccc([S+](c3ccccc3)c3ccccc3)cc2F)CCCC1. The highest BCUT2D eigenvalue weighted by molar-refractivity contribution is 7.97. The van der Waals surface area contributed by atoms with Crippen molar-refractivity contribution < 1.29 is 9.13 Å². The van der Waals surface area contributed by atoms with Gasteiger partial charge in [0.15, 0.2) is 26.3 Å². The largest absolute Gasteiger partial charge is 0.480 e. The van der Waals surface area contributed by atoms with Crippen molar-refractivity contribution in [2.24, 2.45) is 0 Å². The second-order valence-corrected chi connectivity index (χ2v) is 9.83. The van der Waals surface area contributed by atoms with E-state index in [2.05, 4.69) is 37.3 Å². The van der Waals surface area contributed by atoms with Gasteiger partial charge in [-0.1, -0.05) is 42.5 Å². The van der Waals surface area contributed by atoms with Crippen LogP contribution in [0.1, 0.15) is 39.5 Å². The van der Waals surface area contributed by atoms with E-state index in [9.17, 15) is 0 Å². The summed E-state index contributed by atoms with van der Waals surface area (Å²) in [5, 5.41) is 0. The van der Waals surface area contributed by atoms with Crippen LogP contribution in [0, 0.1) is 5.82 Å². The molecule has 0 unspecified atom stereocenters. The number of ether oxygens (including phenoxy) is 1. The van der Waals surface area contributed by atoms with Crippen LogP contribution < -0.4 is 4.74 Å². The molecule has 154 valence electrons. The van der Waals surface area contributed by atoms with Gasteiger partial charge in [0, 0.05) is 6.07 Å². The molecule has 0 amide bonds. The summed E-state index contributed by atoms with van der Waals surface area (Å²) in [7, 11) is -0.365. The molecule has 4 rings (SSSR count). The van der Waals surface area contributed by atoms with Crippen LogP contribution in [0.5, 0.6) is 5.75 Å². The molecule has 1 saturated carbocycles. The van der Waals surface area contributed by atoms with Gasteiger partial charge < -0.3 is 4.74 Å². The molecule has 3 aromatic carbocycles. The van der Waals surface area contributed by atoms with Crippen LogP contribution in [-0.4, -0.2) is 5.60 Å². The van der Waals surface area contributed by atoms with Gasteiger partial charge in [-0.15, -0.1) is 0 Å². The summed E-state index contributed by atoms with van der Waals surface area (Å²) in [6.45, 7) is 4.13. The predicted octanol–water partition coefficient (Wildman–Crippen LogP) is 7.58. The van der Waals surface area contributed by atoms with E-state index >= 15 is 4.39 Å². The van der Waals surface area contributed by atoms with E-state index in [1.807, 2.05) is 55.5 Å². The summed E-state index contributed by atoms with van der Waals surface area (Å²) in [5.41, 5.74) is 0.828. The van der Waals surface area contributed by atoms with Crippen molar-refractivity contribution in [3.8, 4) is 5.75 Å². The Hall–Kier alpha value is -2.52. The van der Waals surface area contributed by atoms with Crippen LogP contribution in [0.25, 0.3) is 0 Å². The highest BCUT2D eigenvalue weighted by atomic mass is 32.2. The van der Waals surface area contributed by atoms with Crippen molar-refractivity contribution in [2.45, 2.75) is 59.8 Å². The number of benzene rings is 3. The Bertz CT molecular complexity index is 968. The topological polar surface area (TPSA) is 9.23 Å². The van der Waals surface area contributed by atoms with Crippen molar-refractivity contribution >= 4 is 10.9 Å². The van der Waals surface area contributed by atoms with E-state index in [-0.39, 0.29) is 22.3 Å². The molecule has 1 fully saturated rings. The van der Waals surface area contributed by atoms with Crippen molar-refractivity contribution in [3.63, 3.8) is 0 Å². The molecule has 30 heavy (non-hydrogen) atoms. The van der Waals surface area contributed by atoms with E-state index in [0.717, 1.165) is 30.6 Å². The van der Waals surface area contributed by atoms with Crippen molar-refractivity contribution in [1.82, 2.24) is 0 Å². The lowest BCUT2D eigenvalue weighted by molar-refractivity contribution is 0.109. The maximum absolute atomic E-state index is 15.3. The fraction of sp³-hybridized carbons (Fsp3) is 0.259. The maximum atomic E-state index is 15.3. The van der Waals surface area contributed by atoms with Crippen LogP contribution in [0.15, 0.2) is 105 Å². The quantitative estimate of drug-likeness (QED) is 0.295. The fourth-order valence-electron chi connectivity index (χ4n) is 4.21. The minimum Gasteiger partial charge on any atom is -0.480 e. The van der Waals surface area contributed by atoms with Crippen LogP contribution in [0.4, 0.5) is 4.39 Å². The van der Waals surface area contributed by atoms with Crippen LogP contribution in [0.2, 0.25) is 0 Å². The molecule has 3 aromatic rings. The third kappa shape index (κ3) is 4.17. The Morgan fingerprint density at radius 2 is 1.43 bits per heavy atom. The lowest BCUT2D eigenvalue weighted by atomic mass is 9.92. The van der Waals surface area contributed by atoms with Gasteiger partial charge in [0.2, 0.25) is 0 Å². The molecule has 0 atom stereocenters. The summed E-state index contributed by atoms with van der Waals surface area (Å²) in [6.07, 6.45) is 6.23. The standard InChI is InChI=1S/C27H28FOS/c1-3-21(2)27(18-10-11-19-27)29-26-17-16-24(20-25(26)28)30(22-12-6-4-7-13-22)23-14-8-5-9-15-23/h3-9,12-17,20H,10-11,18-19H2,1-2H3/q+1/b21-3-. The molecule has 0 saturated heterocycles. The lowest BCUT2D eigenvalue weighted by Crippen LogP contribution is -2.34. The van der Waals surface area contributed by atoms with Crippen LogP contribution in [-0.2, 0) is 10.9 Å². The monoisotopic (exact) mass is 419 g/mol. The molecule has 1 aliphatic carbocycles. The molecule has 0 aromatic heterocycles. The molecular formula is C27H28FOS+. The summed E-state index contributed by atoms with van der Waals surface area (Å²) in [6, 6.07) is 26.1. The van der Waals surface area contributed by atoms with E-state index in [1.54, 1.807) is 6.07 Å². The number of halogens is 1. The van der Waals surface area contributed by atoms with Gasteiger partial charge in [-0.2, -0.15) is 0 Å². The number of rotatable bonds is 6. The summed E-state index contributed by atoms with van der Waals surface area (Å²) in [4.78, 5) is 3.31. The number of allylic oxidation sites excluding steroid dienone is 1. The number of hydrogen-bond acceptors (Lipinski definition) is 1. The first-order chi connectivity index (χ1) is 14.6. The molecule has 0 N–H and O–H groups in total. The van der Waals surface area contributed by atoms with Gasteiger partial charge in [-0.3, -0.25) is 0 Å². The highest BCUT2D eigenvalue weighted by Crippen LogP contribution is 2.41. The Labute approximate surface area is 182 Å². The lowest BCUT2D eigenvalue weighted by Gasteiger charge is -2.31. The fourth-order valence-corrected chi connectivity index (χ4v) is 6.31. The first kappa shape index (κ1) is 20.7. The predicted molar refractivity (Wildman–Crippen MR) is 123 cm³/mol. The average molecular weight is 420 g/mol. The Balaban J connectivity index is 1.70. The molecule has 0 spiro atoms. The van der Waals surface area contributed by atoms with Gasteiger partial charge in [-0.25, -0.2) is 4.39 Å². The van der Waals surface area contributed by atoms with E-state index < -0.39 is 0 Å². The molecule has 0 aliphatic heterocycles.